The summed E-state index contributed by atoms with van der Waals surface area (Å²) in [4.78, 5) is 34.9. The quantitative estimate of drug-likeness (QED) is 0.240. The number of fused-ring (bicyclic) bond motifs is 1. The Balaban J connectivity index is 1.48. The summed E-state index contributed by atoms with van der Waals surface area (Å²) < 4.78 is 20.8. The van der Waals surface area contributed by atoms with E-state index in [4.69, 9.17) is 18.9 Å². The van der Waals surface area contributed by atoms with E-state index in [9.17, 15) is 14.5 Å². The molecule has 0 radical (unpaired) electrons. The second-order valence-electron chi connectivity index (χ2n) is 6.87. The van der Waals surface area contributed by atoms with E-state index in [0.717, 1.165) is 5.56 Å². The van der Waals surface area contributed by atoms with Crippen molar-refractivity contribution in [1.82, 2.24) is 0 Å². The molecule has 0 spiro atoms. The lowest BCUT2D eigenvalue weighted by Crippen LogP contribution is -2.13. The van der Waals surface area contributed by atoms with E-state index in [1.807, 2.05) is 0 Å². The zero-order chi connectivity index (χ0) is 23.4. The maximum Gasteiger partial charge on any atom is 0.519 e. The summed E-state index contributed by atoms with van der Waals surface area (Å²) in [7, 11) is 3.05. The summed E-state index contributed by atoms with van der Waals surface area (Å²) in [6.07, 6.45) is 0.788. The number of nitrogens with zero attached hydrogens (tertiary/aromatic N) is 1. The number of ether oxygens (including phenoxy) is 4. The van der Waals surface area contributed by atoms with Crippen LogP contribution in [0.1, 0.15) is 11.1 Å². The zero-order valence-electron chi connectivity index (χ0n) is 17.7. The van der Waals surface area contributed by atoms with Crippen molar-refractivity contribution in [2.75, 3.05) is 19.5 Å². The topological polar surface area (TPSA) is 113 Å². The van der Waals surface area contributed by atoms with Gasteiger partial charge in [0.25, 0.3) is 5.91 Å². The molecule has 1 N–H and O–H groups in total. The SMILES string of the molecule is COc1cc2c(cc1OC)/C(=C\c1ccc(OC(=O)Oc3ccc(N=O)cc3)cc1)C(=O)N2. The highest BCUT2D eigenvalue weighted by molar-refractivity contribution is 6.35. The first-order valence-electron chi connectivity index (χ1n) is 9.73. The molecule has 33 heavy (non-hydrogen) atoms. The van der Waals surface area contributed by atoms with Crippen molar-refractivity contribution in [2.24, 2.45) is 5.18 Å². The average Bonchev–Trinajstić information content (AvgIpc) is 3.13. The van der Waals surface area contributed by atoms with Crippen LogP contribution in [0.4, 0.5) is 16.2 Å². The molecule has 0 unspecified atom stereocenters. The molecule has 0 aromatic heterocycles. The van der Waals surface area contributed by atoms with Gasteiger partial charge >= 0.3 is 6.16 Å². The van der Waals surface area contributed by atoms with Gasteiger partial charge < -0.3 is 24.3 Å². The molecule has 0 atom stereocenters. The number of carbonyl (C=O) groups excluding carboxylic acids is 2. The Morgan fingerprint density at radius 1 is 0.879 bits per heavy atom. The first kappa shape index (κ1) is 21.6. The predicted octanol–water partition coefficient (Wildman–Crippen LogP) is 5.17. The van der Waals surface area contributed by atoms with Crippen LogP contribution in [-0.4, -0.2) is 26.3 Å². The van der Waals surface area contributed by atoms with Crippen LogP contribution in [0.5, 0.6) is 23.0 Å². The minimum atomic E-state index is -0.932. The number of hydrogen-bond donors (Lipinski definition) is 1. The number of methoxy groups -OCH3 is 2. The minimum Gasteiger partial charge on any atom is -0.493 e. The smallest absolute Gasteiger partial charge is 0.493 e. The normalized spacial score (nSPS) is 13.2. The highest BCUT2D eigenvalue weighted by Crippen LogP contribution is 2.41. The molecule has 4 rings (SSSR count). The molecular formula is C24H18N2O7. The second-order valence-corrected chi connectivity index (χ2v) is 6.87. The van der Waals surface area contributed by atoms with Gasteiger partial charge in [0.2, 0.25) is 0 Å². The monoisotopic (exact) mass is 446 g/mol. The van der Waals surface area contributed by atoms with E-state index in [1.165, 1.54) is 38.5 Å². The first-order chi connectivity index (χ1) is 16.0. The van der Waals surface area contributed by atoms with Crippen LogP contribution < -0.4 is 24.3 Å². The number of anilines is 1. The van der Waals surface area contributed by atoms with Crippen molar-refractivity contribution in [1.29, 1.82) is 0 Å². The van der Waals surface area contributed by atoms with Gasteiger partial charge in [-0.25, -0.2) is 4.79 Å². The molecule has 166 valence electrons. The highest BCUT2D eigenvalue weighted by atomic mass is 16.7. The lowest BCUT2D eigenvalue weighted by Gasteiger charge is -2.09. The van der Waals surface area contributed by atoms with Gasteiger partial charge in [-0.2, -0.15) is 0 Å². The van der Waals surface area contributed by atoms with Crippen LogP contribution in [0.2, 0.25) is 0 Å². The van der Waals surface area contributed by atoms with E-state index in [2.05, 4.69) is 10.5 Å². The Labute approximate surface area is 188 Å². The third-order valence-electron chi connectivity index (χ3n) is 4.84. The Morgan fingerprint density at radius 3 is 2.03 bits per heavy atom. The van der Waals surface area contributed by atoms with Gasteiger partial charge in [-0.15, -0.1) is 4.91 Å². The molecule has 0 saturated carbocycles. The van der Waals surface area contributed by atoms with Gasteiger partial charge in [-0.1, -0.05) is 12.1 Å². The summed E-state index contributed by atoms with van der Waals surface area (Å²) in [5.74, 6) is 1.25. The Bertz CT molecular complexity index is 1250. The zero-order valence-corrected chi connectivity index (χ0v) is 17.7. The summed E-state index contributed by atoms with van der Waals surface area (Å²) >= 11 is 0. The standard InChI is InChI=1S/C24H18N2O7/c1-30-21-12-18-19(23(27)25-20(18)13-22(21)31-2)11-14-3-7-16(8-4-14)32-24(28)33-17-9-5-15(26-29)6-10-17/h3-13H,1-2H3,(H,25,27)/b19-11+. The van der Waals surface area contributed by atoms with Crippen molar-refractivity contribution < 1.29 is 28.5 Å². The van der Waals surface area contributed by atoms with Crippen LogP contribution in [0, 0.1) is 4.91 Å². The maximum absolute atomic E-state index is 12.5. The molecular weight excluding hydrogens is 428 g/mol. The van der Waals surface area contributed by atoms with Gasteiger partial charge in [0, 0.05) is 17.2 Å². The number of carbonyl (C=O) groups is 2. The number of hydrogen-bond acceptors (Lipinski definition) is 8. The van der Waals surface area contributed by atoms with Crippen molar-refractivity contribution in [2.45, 2.75) is 0 Å². The Hall–Kier alpha value is -4.66. The van der Waals surface area contributed by atoms with Gasteiger partial charge in [0.1, 0.15) is 17.2 Å². The van der Waals surface area contributed by atoms with Crippen LogP contribution >= 0.6 is 0 Å². The van der Waals surface area contributed by atoms with Crippen molar-refractivity contribution in [3.63, 3.8) is 0 Å². The highest BCUT2D eigenvalue weighted by Gasteiger charge is 2.26. The number of nitrogens with one attached hydrogen (secondary N) is 1. The molecule has 3 aromatic carbocycles. The summed E-state index contributed by atoms with van der Waals surface area (Å²) in [6.45, 7) is 0. The first-order valence-corrected chi connectivity index (χ1v) is 9.73. The number of nitroso groups, excluding NO2 is 1. The number of benzene rings is 3. The molecule has 3 aromatic rings. The number of amides is 1. The molecule has 9 nitrogen and oxygen atoms in total. The van der Waals surface area contributed by atoms with Crippen LogP contribution in [-0.2, 0) is 4.79 Å². The molecule has 0 aliphatic carbocycles. The molecule has 1 aliphatic heterocycles. The summed E-state index contributed by atoms with van der Waals surface area (Å²) in [6, 6.07) is 15.7. The van der Waals surface area contributed by atoms with Crippen molar-refractivity contribution >= 4 is 35.1 Å². The van der Waals surface area contributed by atoms with Crippen LogP contribution in [0.3, 0.4) is 0 Å². The molecule has 1 heterocycles. The fourth-order valence-corrected chi connectivity index (χ4v) is 3.25. The third-order valence-corrected chi connectivity index (χ3v) is 4.84. The second kappa shape index (κ2) is 9.23. The maximum atomic E-state index is 12.5. The molecule has 1 amide bonds. The van der Waals surface area contributed by atoms with Crippen LogP contribution in [0.25, 0.3) is 11.6 Å². The summed E-state index contributed by atoms with van der Waals surface area (Å²) in [5.41, 5.74) is 2.73. The molecule has 1 aliphatic rings. The molecule has 9 heteroatoms. The molecule has 0 bridgehead atoms. The van der Waals surface area contributed by atoms with Crippen molar-refractivity contribution in [3.8, 4) is 23.0 Å². The predicted molar refractivity (Wildman–Crippen MR) is 121 cm³/mol. The molecule has 0 saturated heterocycles. The van der Waals surface area contributed by atoms with E-state index in [-0.39, 0.29) is 23.1 Å². The van der Waals surface area contributed by atoms with E-state index >= 15 is 0 Å². The third kappa shape index (κ3) is 4.67. The average molecular weight is 446 g/mol. The number of rotatable bonds is 6. The Kier molecular flexibility index (Phi) is 6.03. The minimum absolute atomic E-state index is 0.215. The largest absolute Gasteiger partial charge is 0.519 e. The molecule has 0 fully saturated rings. The van der Waals surface area contributed by atoms with Gasteiger partial charge in [-0.05, 0) is 59.3 Å². The van der Waals surface area contributed by atoms with Crippen molar-refractivity contribution in [3.05, 3.63) is 76.7 Å². The van der Waals surface area contributed by atoms with E-state index in [0.29, 0.717) is 28.3 Å². The van der Waals surface area contributed by atoms with Gasteiger partial charge in [0.05, 0.1) is 19.9 Å². The fraction of sp³-hybridized carbons (Fsp3) is 0.0833. The van der Waals surface area contributed by atoms with Gasteiger partial charge in [-0.3, -0.25) is 4.79 Å². The lowest BCUT2D eigenvalue weighted by atomic mass is 10.0. The van der Waals surface area contributed by atoms with E-state index < -0.39 is 6.16 Å². The summed E-state index contributed by atoms with van der Waals surface area (Å²) in [5, 5.41) is 5.58. The lowest BCUT2D eigenvalue weighted by molar-refractivity contribution is -0.110. The van der Waals surface area contributed by atoms with Crippen LogP contribution in [0.15, 0.2) is 65.8 Å². The van der Waals surface area contributed by atoms with E-state index in [1.54, 1.807) is 42.5 Å². The Morgan fingerprint density at radius 2 is 1.45 bits per heavy atom. The fourth-order valence-electron chi connectivity index (χ4n) is 3.25. The van der Waals surface area contributed by atoms with Gasteiger partial charge in [0.15, 0.2) is 11.5 Å².